The molecule has 2 heterocycles. The molecule has 0 aromatic carbocycles. The molecule has 2 rings (SSSR count). The average Bonchev–Trinajstić information content (AvgIpc) is 2.87. The van der Waals surface area contributed by atoms with Crippen molar-refractivity contribution in [3.63, 3.8) is 0 Å². The molecule has 0 aliphatic heterocycles. The monoisotopic (exact) mass is 222 g/mol. The molecule has 1 N–H and O–H groups in total. The Morgan fingerprint density at radius 1 is 1.53 bits per heavy atom. The molecule has 0 saturated carbocycles. The van der Waals surface area contributed by atoms with Gasteiger partial charge in [0.15, 0.2) is 0 Å². The van der Waals surface area contributed by atoms with Crippen LogP contribution in [0.1, 0.15) is 17.6 Å². The quantitative estimate of drug-likeness (QED) is 0.833. The second-order valence-corrected chi connectivity index (χ2v) is 4.19. The second-order valence-electron chi connectivity index (χ2n) is 3.21. The standard InChI is InChI=1S/C10H14N4S/c1-2-11-7-9-3-5-14(13-9)8-10-12-4-6-15-10/h3-6,11H,2,7-8H2,1H3. The normalized spacial score (nSPS) is 10.7. The van der Waals surface area contributed by atoms with Gasteiger partial charge in [0, 0.05) is 24.3 Å². The van der Waals surface area contributed by atoms with E-state index in [9.17, 15) is 0 Å². The number of aromatic nitrogens is 3. The molecular formula is C10H14N4S. The van der Waals surface area contributed by atoms with Gasteiger partial charge in [-0.05, 0) is 12.6 Å². The van der Waals surface area contributed by atoms with Gasteiger partial charge in [0.05, 0.1) is 12.2 Å². The van der Waals surface area contributed by atoms with Gasteiger partial charge < -0.3 is 5.32 Å². The average molecular weight is 222 g/mol. The van der Waals surface area contributed by atoms with Crippen LogP contribution in [-0.4, -0.2) is 21.3 Å². The first-order valence-corrected chi connectivity index (χ1v) is 5.88. The van der Waals surface area contributed by atoms with Gasteiger partial charge in [-0.15, -0.1) is 11.3 Å². The first-order valence-electron chi connectivity index (χ1n) is 5.00. The Morgan fingerprint density at radius 3 is 3.20 bits per heavy atom. The van der Waals surface area contributed by atoms with Gasteiger partial charge >= 0.3 is 0 Å². The summed E-state index contributed by atoms with van der Waals surface area (Å²) >= 11 is 1.66. The molecule has 5 heteroatoms. The molecule has 0 saturated heterocycles. The minimum atomic E-state index is 0.768. The Hall–Kier alpha value is -1.20. The van der Waals surface area contributed by atoms with E-state index in [4.69, 9.17) is 0 Å². The molecule has 0 amide bonds. The number of hydrogen-bond acceptors (Lipinski definition) is 4. The van der Waals surface area contributed by atoms with E-state index in [1.165, 1.54) is 0 Å². The molecule has 0 atom stereocenters. The van der Waals surface area contributed by atoms with Gasteiger partial charge in [-0.2, -0.15) is 5.10 Å². The summed E-state index contributed by atoms with van der Waals surface area (Å²) in [6.07, 6.45) is 3.82. The fraction of sp³-hybridized carbons (Fsp3) is 0.400. The van der Waals surface area contributed by atoms with Crippen LogP contribution in [-0.2, 0) is 13.1 Å². The number of thiazole rings is 1. The molecule has 4 nitrogen and oxygen atoms in total. The third kappa shape index (κ3) is 2.87. The van der Waals surface area contributed by atoms with Crippen LogP contribution in [0.15, 0.2) is 23.8 Å². The van der Waals surface area contributed by atoms with E-state index in [1.807, 2.05) is 28.5 Å². The fourth-order valence-corrected chi connectivity index (χ4v) is 1.92. The Labute approximate surface area is 93.0 Å². The molecule has 0 aliphatic carbocycles. The number of nitrogens with zero attached hydrogens (tertiary/aromatic N) is 3. The highest BCUT2D eigenvalue weighted by molar-refractivity contribution is 7.09. The second kappa shape index (κ2) is 5.04. The predicted molar refractivity (Wildman–Crippen MR) is 60.8 cm³/mol. The zero-order chi connectivity index (χ0) is 10.5. The smallest absolute Gasteiger partial charge is 0.114 e. The van der Waals surface area contributed by atoms with Crippen molar-refractivity contribution in [2.45, 2.75) is 20.0 Å². The Balaban J connectivity index is 1.95. The van der Waals surface area contributed by atoms with Gasteiger partial charge in [-0.25, -0.2) is 4.98 Å². The van der Waals surface area contributed by atoms with Crippen molar-refractivity contribution in [3.8, 4) is 0 Å². The molecule has 0 bridgehead atoms. The van der Waals surface area contributed by atoms with Gasteiger partial charge in [0.25, 0.3) is 0 Å². The Morgan fingerprint density at radius 2 is 2.47 bits per heavy atom. The maximum atomic E-state index is 4.44. The first-order chi connectivity index (χ1) is 7.38. The SMILES string of the molecule is CCNCc1ccn(Cc2nccs2)n1. The maximum Gasteiger partial charge on any atom is 0.114 e. The molecule has 15 heavy (non-hydrogen) atoms. The summed E-state index contributed by atoms with van der Waals surface area (Å²) in [5, 5.41) is 10.8. The Bertz CT molecular complexity index is 393. The maximum absolute atomic E-state index is 4.44. The van der Waals surface area contributed by atoms with Crippen LogP contribution >= 0.6 is 11.3 Å². The van der Waals surface area contributed by atoms with E-state index in [0.29, 0.717) is 0 Å². The number of nitrogens with one attached hydrogen (secondary N) is 1. The zero-order valence-corrected chi connectivity index (χ0v) is 9.50. The highest BCUT2D eigenvalue weighted by atomic mass is 32.1. The van der Waals surface area contributed by atoms with E-state index in [1.54, 1.807) is 11.3 Å². The van der Waals surface area contributed by atoms with Crippen molar-refractivity contribution >= 4 is 11.3 Å². The van der Waals surface area contributed by atoms with E-state index >= 15 is 0 Å². The van der Waals surface area contributed by atoms with Crippen molar-refractivity contribution in [2.24, 2.45) is 0 Å². The van der Waals surface area contributed by atoms with Crippen molar-refractivity contribution < 1.29 is 0 Å². The summed E-state index contributed by atoms with van der Waals surface area (Å²) in [7, 11) is 0. The summed E-state index contributed by atoms with van der Waals surface area (Å²) in [5.74, 6) is 0. The molecule has 0 spiro atoms. The number of rotatable bonds is 5. The lowest BCUT2D eigenvalue weighted by atomic mass is 10.4. The van der Waals surface area contributed by atoms with Crippen LogP contribution in [0.5, 0.6) is 0 Å². The molecule has 0 fully saturated rings. The molecule has 2 aromatic heterocycles. The lowest BCUT2D eigenvalue weighted by Crippen LogP contribution is -2.12. The van der Waals surface area contributed by atoms with Crippen LogP contribution in [0.4, 0.5) is 0 Å². The highest BCUT2D eigenvalue weighted by Gasteiger charge is 2.00. The van der Waals surface area contributed by atoms with Gasteiger partial charge in [-0.3, -0.25) is 4.68 Å². The summed E-state index contributed by atoms with van der Waals surface area (Å²) < 4.78 is 1.92. The summed E-state index contributed by atoms with van der Waals surface area (Å²) in [4.78, 5) is 4.22. The molecule has 80 valence electrons. The minimum absolute atomic E-state index is 0.768. The van der Waals surface area contributed by atoms with Crippen LogP contribution in [0.25, 0.3) is 0 Å². The summed E-state index contributed by atoms with van der Waals surface area (Å²) in [5.41, 5.74) is 1.08. The van der Waals surface area contributed by atoms with E-state index in [2.05, 4.69) is 22.3 Å². The van der Waals surface area contributed by atoms with Gasteiger partial charge in [-0.1, -0.05) is 6.92 Å². The van der Waals surface area contributed by atoms with Crippen LogP contribution in [0.3, 0.4) is 0 Å². The lowest BCUT2D eigenvalue weighted by Gasteiger charge is -1.98. The zero-order valence-electron chi connectivity index (χ0n) is 8.68. The van der Waals surface area contributed by atoms with Crippen molar-refractivity contribution in [1.29, 1.82) is 0 Å². The molecule has 0 unspecified atom stereocenters. The third-order valence-corrected chi connectivity index (χ3v) is 2.80. The predicted octanol–water partition coefficient (Wildman–Crippen LogP) is 1.50. The van der Waals surface area contributed by atoms with Crippen LogP contribution < -0.4 is 5.32 Å². The van der Waals surface area contributed by atoms with Gasteiger partial charge in [0.2, 0.25) is 0 Å². The largest absolute Gasteiger partial charge is 0.311 e. The third-order valence-electron chi connectivity index (χ3n) is 2.03. The lowest BCUT2D eigenvalue weighted by molar-refractivity contribution is 0.643. The summed E-state index contributed by atoms with van der Waals surface area (Å²) in [6, 6.07) is 2.04. The molecule has 2 aromatic rings. The highest BCUT2D eigenvalue weighted by Crippen LogP contribution is 2.06. The topological polar surface area (TPSA) is 42.7 Å². The Kier molecular flexibility index (Phi) is 3.47. The summed E-state index contributed by atoms with van der Waals surface area (Å²) in [6.45, 7) is 4.66. The minimum Gasteiger partial charge on any atom is -0.311 e. The number of hydrogen-bond donors (Lipinski definition) is 1. The molecule has 0 aliphatic rings. The van der Waals surface area contributed by atoms with Crippen molar-refractivity contribution in [2.75, 3.05) is 6.54 Å². The van der Waals surface area contributed by atoms with E-state index in [0.717, 1.165) is 30.3 Å². The van der Waals surface area contributed by atoms with Gasteiger partial charge in [0.1, 0.15) is 5.01 Å². The molecule has 0 radical (unpaired) electrons. The first kappa shape index (κ1) is 10.3. The molecular weight excluding hydrogens is 208 g/mol. The van der Waals surface area contributed by atoms with Crippen LogP contribution in [0.2, 0.25) is 0 Å². The van der Waals surface area contributed by atoms with Crippen molar-refractivity contribution in [3.05, 3.63) is 34.5 Å². The van der Waals surface area contributed by atoms with E-state index in [-0.39, 0.29) is 0 Å². The van der Waals surface area contributed by atoms with Crippen LogP contribution in [0, 0.1) is 0 Å². The van der Waals surface area contributed by atoms with E-state index < -0.39 is 0 Å². The fourth-order valence-electron chi connectivity index (χ4n) is 1.31. The van der Waals surface area contributed by atoms with Crippen molar-refractivity contribution in [1.82, 2.24) is 20.1 Å².